The molecule has 0 saturated heterocycles. The lowest BCUT2D eigenvalue weighted by Gasteiger charge is -2.01. The zero-order valence-electron chi connectivity index (χ0n) is 10.8. The Bertz CT molecular complexity index is 807. The van der Waals surface area contributed by atoms with Crippen LogP contribution in [0.25, 0.3) is 21.8 Å². The van der Waals surface area contributed by atoms with E-state index < -0.39 is 0 Å². The van der Waals surface area contributed by atoms with Crippen molar-refractivity contribution < 1.29 is 0 Å². The Balaban J connectivity index is 2.24. The van der Waals surface area contributed by atoms with E-state index in [1.807, 2.05) is 0 Å². The second kappa shape index (κ2) is 4.92. The van der Waals surface area contributed by atoms with Crippen LogP contribution in [0.2, 0.25) is 0 Å². The molecule has 1 heterocycles. The topological polar surface area (TPSA) is 4.93 Å². The average Bonchev–Trinajstić information content (AvgIpc) is 2.78. The van der Waals surface area contributed by atoms with Crippen molar-refractivity contribution in [1.82, 2.24) is 4.57 Å². The van der Waals surface area contributed by atoms with Crippen LogP contribution in [0.4, 0.5) is 0 Å². The van der Waals surface area contributed by atoms with E-state index in [0.29, 0.717) is 6.54 Å². The predicted molar refractivity (Wildman–Crippen MR) is 80.7 cm³/mol. The van der Waals surface area contributed by atoms with E-state index in [1.54, 1.807) is 6.92 Å². The fourth-order valence-electron chi connectivity index (χ4n) is 2.40. The quantitative estimate of drug-likeness (QED) is 0.573. The lowest BCUT2D eigenvalue weighted by molar-refractivity contribution is 0.923. The number of hydrogen-bond acceptors (Lipinski definition) is 0. The van der Waals surface area contributed by atoms with Gasteiger partial charge in [-0.1, -0.05) is 48.2 Å². The van der Waals surface area contributed by atoms with Gasteiger partial charge in [0.15, 0.2) is 0 Å². The number of rotatable bonds is 1. The Hall–Kier alpha value is -2.64. The Morgan fingerprint density at radius 1 is 0.842 bits per heavy atom. The molecule has 0 saturated carbocycles. The van der Waals surface area contributed by atoms with Crippen LogP contribution in [-0.2, 0) is 6.54 Å². The molecule has 3 rings (SSSR count). The first kappa shape index (κ1) is 11.5. The highest BCUT2D eigenvalue weighted by Crippen LogP contribution is 2.28. The molecule has 1 heteroatoms. The monoisotopic (exact) mass is 243 g/mol. The summed E-state index contributed by atoms with van der Waals surface area (Å²) in [5, 5.41) is 2.56. The van der Waals surface area contributed by atoms with Crippen LogP contribution in [0.5, 0.6) is 0 Å². The van der Waals surface area contributed by atoms with E-state index in [2.05, 4.69) is 76.8 Å². The molecule has 0 radical (unpaired) electrons. The molecule has 0 fully saturated rings. The van der Waals surface area contributed by atoms with Crippen LogP contribution in [-0.4, -0.2) is 4.57 Å². The van der Waals surface area contributed by atoms with Gasteiger partial charge >= 0.3 is 0 Å². The molecule has 0 aliphatic carbocycles. The van der Waals surface area contributed by atoms with Crippen molar-refractivity contribution in [1.29, 1.82) is 0 Å². The van der Waals surface area contributed by atoms with E-state index in [4.69, 9.17) is 0 Å². The first-order chi connectivity index (χ1) is 9.42. The molecule has 0 amide bonds. The number of fused-ring (bicyclic) bond motifs is 3. The smallest absolute Gasteiger partial charge is 0.0853 e. The molecule has 0 spiro atoms. The molecule has 90 valence electrons. The summed E-state index contributed by atoms with van der Waals surface area (Å²) in [6, 6.07) is 16.9. The molecule has 0 aliphatic rings. The van der Waals surface area contributed by atoms with E-state index in [9.17, 15) is 0 Å². The van der Waals surface area contributed by atoms with Gasteiger partial charge in [-0.25, -0.2) is 0 Å². The standard InChI is InChI=1S/C18H13N/c1-2-3-4-9-14-19-17-12-7-5-10-15(17)16-11-6-8-13-18(16)19/h5-8,10-13H,14H2,1H3. The van der Waals surface area contributed by atoms with Crippen molar-refractivity contribution in [2.75, 3.05) is 0 Å². The largest absolute Gasteiger partial charge is 0.329 e. The van der Waals surface area contributed by atoms with Crippen molar-refractivity contribution in [2.45, 2.75) is 13.5 Å². The summed E-state index contributed by atoms with van der Waals surface area (Å²) >= 11 is 0. The van der Waals surface area contributed by atoms with E-state index in [-0.39, 0.29) is 0 Å². The molecular formula is C18H13N. The van der Waals surface area contributed by atoms with Crippen LogP contribution in [0, 0.1) is 23.7 Å². The lowest BCUT2D eigenvalue weighted by Crippen LogP contribution is -1.94. The van der Waals surface area contributed by atoms with Crippen molar-refractivity contribution >= 4 is 21.8 Å². The third-order valence-corrected chi connectivity index (χ3v) is 3.19. The summed E-state index contributed by atoms with van der Waals surface area (Å²) in [6.45, 7) is 2.47. The summed E-state index contributed by atoms with van der Waals surface area (Å²) in [4.78, 5) is 0. The first-order valence-corrected chi connectivity index (χ1v) is 6.27. The number of aromatic nitrogens is 1. The van der Waals surface area contributed by atoms with E-state index in [0.717, 1.165) is 0 Å². The Morgan fingerprint density at radius 3 is 2.00 bits per heavy atom. The zero-order chi connectivity index (χ0) is 13.1. The minimum Gasteiger partial charge on any atom is -0.329 e. The highest BCUT2D eigenvalue weighted by Gasteiger charge is 2.07. The van der Waals surface area contributed by atoms with Gasteiger partial charge in [-0.15, -0.1) is 0 Å². The van der Waals surface area contributed by atoms with Crippen molar-refractivity contribution in [2.24, 2.45) is 0 Å². The maximum Gasteiger partial charge on any atom is 0.0853 e. The van der Waals surface area contributed by atoms with Gasteiger partial charge in [-0.05, 0) is 30.9 Å². The summed E-state index contributed by atoms with van der Waals surface area (Å²) in [5.41, 5.74) is 2.45. The average molecular weight is 243 g/mol. The third kappa shape index (κ3) is 1.96. The molecular weight excluding hydrogens is 230 g/mol. The second-order valence-electron chi connectivity index (χ2n) is 4.30. The molecule has 0 aliphatic heterocycles. The minimum absolute atomic E-state index is 0.669. The molecule has 1 aromatic heterocycles. The van der Waals surface area contributed by atoms with Crippen molar-refractivity contribution in [3.05, 3.63) is 48.5 Å². The van der Waals surface area contributed by atoms with Gasteiger partial charge in [0.1, 0.15) is 0 Å². The van der Waals surface area contributed by atoms with Gasteiger partial charge < -0.3 is 4.57 Å². The van der Waals surface area contributed by atoms with Crippen LogP contribution < -0.4 is 0 Å². The number of hydrogen-bond donors (Lipinski definition) is 0. The van der Waals surface area contributed by atoms with E-state index >= 15 is 0 Å². The minimum atomic E-state index is 0.669. The molecule has 0 atom stereocenters. The maximum atomic E-state index is 3.11. The highest BCUT2D eigenvalue weighted by molar-refractivity contribution is 6.07. The van der Waals surface area contributed by atoms with Crippen LogP contribution in [0.3, 0.4) is 0 Å². The zero-order valence-corrected chi connectivity index (χ0v) is 10.8. The number of para-hydroxylation sites is 2. The lowest BCUT2D eigenvalue weighted by atomic mass is 10.2. The summed E-state index contributed by atoms with van der Waals surface area (Å²) < 4.78 is 2.25. The highest BCUT2D eigenvalue weighted by atomic mass is 15.0. The summed E-state index contributed by atoms with van der Waals surface area (Å²) in [7, 11) is 0. The Labute approximate surface area is 112 Å². The summed E-state index contributed by atoms with van der Waals surface area (Å²) in [6.07, 6.45) is 0. The number of benzene rings is 2. The van der Waals surface area contributed by atoms with Crippen LogP contribution in [0.1, 0.15) is 6.92 Å². The van der Waals surface area contributed by atoms with Gasteiger partial charge in [-0.3, -0.25) is 0 Å². The van der Waals surface area contributed by atoms with Gasteiger partial charge in [0, 0.05) is 21.8 Å². The second-order valence-corrected chi connectivity index (χ2v) is 4.30. The molecule has 2 aromatic carbocycles. The summed E-state index contributed by atoms with van der Waals surface area (Å²) in [5.74, 6) is 11.6. The van der Waals surface area contributed by atoms with Gasteiger partial charge in [0.25, 0.3) is 0 Å². The SMILES string of the molecule is CC#CC#CCn1c2ccccc2c2ccccc21. The third-order valence-electron chi connectivity index (χ3n) is 3.19. The van der Waals surface area contributed by atoms with Crippen LogP contribution >= 0.6 is 0 Å². The van der Waals surface area contributed by atoms with Crippen molar-refractivity contribution in [3.63, 3.8) is 0 Å². The van der Waals surface area contributed by atoms with Crippen LogP contribution in [0.15, 0.2) is 48.5 Å². The normalized spacial score (nSPS) is 9.74. The predicted octanol–water partition coefficient (Wildman–Crippen LogP) is 3.82. The van der Waals surface area contributed by atoms with Gasteiger partial charge in [0.2, 0.25) is 0 Å². The van der Waals surface area contributed by atoms with Gasteiger partial charge in [-0.2, -0.15) is 0 Å². The first-order valence-electron chi connectivity index (χ1n) is 6.27. The molecule has 3 aromatic rings. The van der Waals surface area contributed by atoms with E-state index in [1.165, 1.54) is 21.8 Å². The molecule has 0 unspecified atom stereocenters. The fourth-order valence-corrected chi connectivity index (χ4v) is 2.40. The van der Waals surface area contributed by atoms with Crippen molar-refractivity contribution in [3.8, 4) is 23.7 Å². The maximum absolute atomic E-state index is 3.11. The molecule has 0 bridgehead atoms. The Kier molecular flexibility index (Phi) is 2.97. The molecule has 0 N–H and O–H groups in total. The Morgan fingerprint density at radius 2 is 1.42 bits per heavy atom. The molecule has 1 nitrogen and oxygen atoms in total. The fraction of sp³-hybridized carbons (Fsp3) is 0.111. The molecule has 19 heavy (non-hydrogen) atoms. The van der Waals surface area contributed by atoms with Gasteiger partial charge in [0.05, 0.1) is 6.54 Å². The number of nitrogens with zero attached hydrogens (tertiary/aromatic N) is 1.